The number of quaternary nitrogens is 1. The molecule has 160 valence electrons. The number of hydrogen-bond acceptors (Lipinski definition) is 4. The van der Waals surface area contributed by atoms with Crippen molar-refractivity contribution in [2.75, 3.05) is 37.0 Å². The third kappa shape index (κ3) is 6.02. The summed E-state index contributed by atoms with van der Waals surface area (Å²) in [4.78, 5) is 28.1. The van der Waals surface area contributed by atoms with E-state index in [1.807, 2.05) is 43.1 Å². The van der Waals surface area contributed by atoms with Gasteiger partial charge >= 0.3 is 0 Å². The lowest BCUT2D eigenvalue weighted by Crippen LogP contribution is -3.11. The summed E-state index contributed by atoms with van der Waals surface area (Å²) in [6.45, 7) is 2.36. The van der Waals surface area contributed by atoms with Crippen molar-refractivity contribution in [3.63, 3.8) is 0 Å². The highest BCUT2D eigenvalue weighted by Gasteiger charge is 2.39. The Morgan fingerprint density at radius 2 is 1.72 bits per heavy atom. The van der Waals surface area contributed by atoms with Gasteiger partial charge in [-0.05, 0) is 38.3 Å². The number of anilines is 1. The molecule has 3 rings (SSSR count). The Kier molecular flexibility index (Phi) is 6.95. The molecule has 29 heavy (non-hydrogen) atoms. The Morgan fingerprint density at radius 1 is 1.07 bits per heavy atom. The molecule has 1 saturated heterocycles. The van der Waals surface area contributed by atoms with Crippen LogP contribution in [0.15, 0.2) is 24.3 Å². The van der Waals surface area contributed by atoms with Gasteiger partial charge in [0.25, 0.3) is 11.8 Å². The SMILES string of the molecule is Cc1ccc(NC(=O)C[NH+](C)CC(=O)N(C2CCCC2)[C@@H]2CCS(=O)(=O)C2)cc1. The minimum atomic E-state index is -3.05. The molecule has 1 aliphatic heterocycles. The largest absolute Gasteiger partial charge is 0.331 e. The quantitative estimate of drug-likeness (QED) is 0.666. The van der Waals surface area contributed by atoms with E-state index < -0.39 is 9.84 Å². The zero-order chi connectivity index (χ0) is 21.0. The Bertz CT molecular complexity index is 832. The van der Waals surface area contributed by atoms with Crippen LogP contribution in [0.1, 0.15) is 37.7 Å². The summed E-state index contributed by atoms with van der Waals surface area (Å²) in [5.74, 6) is 0.0486. The van der Waals surface area contributed by atoms with Crippen molar-refractivity contribution in [3.05, 3.63) is 29.8 Å². The maximum absolute atomic E-state index is 13.1. The molecule has 2 fully saturated rings. The summed E-state index contributed by atoms with van der Waals surface area (Å²) < 4.78 is 23.9. The van der Waals surface area contributed by atoms with E-state index in [1.54, 1.807) is 0 Å². The van der Waals surface area contributed by atoms with Gasteiger partial charge in [-0.3, -0.25) is 9.59 Å². The molecular weight excluding hydrogens is 390 g/mol. The Hall–Kier alpha value is -1.93. The van der Waals surface area contributed by atoms with Crippen molar-refractivity contribution in [3.8, 4) is 0 Å². The smallest absolute Gasteiger partial charge is 0.279 e. The molecule has 0 aromatic heterocycles. The van der Waals surface area contributed by atoms with Crippen LogP contribution in [-0.4, -0.2) is 68.9 Å². The molecule has 7 nitrogen and oxygen atoms in total. The highest BCUT2D eigenvalue weighted by molar-refractivity contribution is 7.91. The highest BCUT2D eigenvalue weighted by atomic mass is 32.2. The number of amides is 2. The average molecular weight is 423 g/mol. The van der Waals surface area contributed by atoms with E-state index in [1.165, 1.54) is 0 Å². The van der Waals surface area contributed by atoms with Crippen molar-refractivity contribution >= 4 is 27.3 Å². The first-order valence-electron chi connectivity index (χ1n) is 10.4. The second kappa shape index (κ2) is 9.26. The first kappa shape index (κ1) is 21.8. The van der Waals surface area contributed by atoms with Gasteiger partial charge < -0.3 is 15.1 Å². The number of likely N-dealkylation sites (N-methyl/N-ethyl adjacent to an activating group) is 1. The highest BCUT2D eigenvalue weighted by Crippen LogP contribution is 2.29. The summed E-state index contributed by atoms with van der Waals surface area (Å²) in [5, 5.41) is 2.86. The van der Waals surface area contributed by atoms with Gasteiger partial charge in [0.05, 0.1) is 18.6 Å². The second-order valence-corrected chi connectivity index (χ2v) is 10.7. The number of nitrogens with one attached hydrogen (secondary N) is 2. The lowest BCUT2D eigenvalue weighted by Gasteiger charge is -2.34. The molecule has 1 unspecified atom stereocenters. The Labute approximate surface area is 173 Å². The predicted octanol–water partition coefficient (Wildman–Crippen LogP) is 0.407. The van der Waals surface area contributed by atoms with Gasteiger partial charge in [0.2, 0.25) is 0 Å². The number of hydrogen-bond donors (Lipinski definition) is 2. The molecule has 1 aliphatic carbocycles. The van der Waals surface area contributed by atoms with Crippen molar-refractivity contribution in [2.45, 2.75) is 51.1 Å². The minimum Gasteiger partial charge on any atom is -0.331 e. The van der Waals surface area contributed by atoms with E-state index in [0.717, 1.165) is 41.8 Å². The third-order valence-electron chi connectivity index (χ3n) is 5.86. The molecule has 8 heteroatoms. The fourth-order valence-corrected chi connectivity index (χ4v) is 6.12. The van der Waals surface area contributed by atoms with Gasteiger partial charge in [0.1, 0.15) is 0 Å². The van der Waals surface area contributed by atoms with E-state index in [-0.39, 0.29) is 48.5 Å². The van der Waals surface area contributed by atoms with E-state index in [0.29, 0.717) is 6.42 Å². The second-order valence-electron chi connectivity index (χ2n) is 8.52. The van der Waals surface area contributed by atoms with Crippen molar-refractivity contribution in [2.24, 2.45) is 0 Å². The molecule has 2 amide bonds. The number of rotatable bonds is 7. The summed E-state index contributed by atoms with van der Waals surface area (Å²) >= 11 is 0. The van der Waals surface area contributed by atoms with Crippen LogP contribution in [-0.2, 0) is 19.4 Å². The number of carbonyl (C=O) groups is 2. The van der Waals surface area contributed by atoms with Crippen LogP contribution in [0.5, 0.6) is 0 Å². The predicted molar refractivity (Wildman–Crippen MR) is 113 cm³/mol. The lowest BCUT2D eigenvalue weighted by molar-refractivity contribution is -0.862. The van der Waals surface area contributed by atoms with Crippen molar-refractivity contribution in [1.29, 1.82) is 0 Å². The van der Waals surface area contributed by atoms with Crippen LogP contribution in [0.4, 0.5) is 5.69 Å². The summed E-state index contributed by atoms with van der Waals surface area (Å²) in [6, 6.07) is 7.50. The Balaban J connectivity index is 1.58. The molecule has 1 saturated carbocycles. The van der Waals surface area contributed by atoms with Crippen molar-refractivity contribution < 1.29 is 22.9 Å². The molecular formula is C21H32N3O4S+. The molecule has 1 aromatic rings. The topological polar surface area (TPSA) is 88.0 Å². The molecule has 2 aliphatic rings. The van der Waals surface area contributed by atoms with Crippen molar-refractivity contribution in [1.82, 2.24) is 4.90 Å². The molecule has 0 radical (unpaired) electrons. The monoisotopic (exact) mass is 422 g/mol. The van der Waals surface area contributed by atoms with Gasteiger partial charge in [-0.1, -0.05) is 30.5 Å². The van der Waals surface area contributed by atoms with Crippen LogP contribution in [0.25, 0.3) is 0 Å². The van der Waals surface area contributed by atoms with E-state index >= 15 is 0 Å². The van der Waals surface area contributed by atoms with Gasteiger partial charge in [-0.2, -0.15) is 0 Å². The third-order valence-corrected chi connectivity index (χ3v) is 7.61. The van der Waals surface area contributed by atoms with Crippen LogP contribution in [0, 0.1) is 6.92 Å². The average Bonchev–Trinajstić information content (AvgIpc) is 3.27. The standard InChI is InChI=1S/C21H31N3O4S/c1-16-7-9-17(10-8-16)22-20(25)13-23(2)14-21(26)24(18-5-3-4-6-18)19-11-12-29(27,28)15-19/h7-10,18-19H,3-6,11-15H2,1-2H3,(H,22,25)/p+1/t19-/m1/s1. The van der Waals surface area contributed by atoms with E-state index in [9.17, 15) is 18.0 Å². The van der Waals surface area contributed by atoms with E-state index in [4.69, 9.17) is 0 Å². The number of benzene rings is 1. The zero-order valence-corrected chi connectivity index (χ0v) is 18.1. The van der Waals surface area contributed by atoms with Gasteiger partial charge in [0, 0.05) is 17.8 Å². The van der Waals surface area contributed by atoms with Gasteiger partial charge in [0.15, 0.2) is 22.9 Å². The van der Waals surface area contributed by atoms with Gasteiger partial charge in [-0.15, -0.1) is 0 Å². The maximum Gasteiger partial charge on any atom is 0.279 e. The summed E-state index contributed by atoms with van der Waals surface area (Å²) in [6.07, 6.45) is 4.56. The molecule has 1 aromatic carbocycles. The number of aryl methyl sites for hydroxylation is 1. The maximum atomic E-state index is 13.1. The number of carbonyl (C=O) groups excluding carboxylic acids is 2. The molecule has 0 spiro atoms. The normalized spacial score (nSPS) is 22.3. The van der Waals surface area contributed by atoms with Crippen LogP contribution in [0.3, 0.4) is 0 Å². The van der Waals surface area contributed by atoms with Crippen LogP contribution >= 0.6 is 0 Å². The van der Waals surface area contributed by atoms with E-state index in [2.05, 4.69) is 5.32 Å². The zero-order valence-electron chi connectivity index (χ0n) is 17.3. The minimum absolute atomic E-state index is 0.0420. The van der Waals surface area contributed by atoms with Crippen LogP contribution in [0.2, 0.25) is 0 Å². The molecule has 1 heterocycles. The summed E-state index contributed by atoms with van der Waals surface area (Å²) in [5.41, 5.74) is 1.86. The molecule has 2 atom stereocenters. The van der Waals surface area contributed by atoms with Crippen LogP contribution < -0.4 is 10.2 Å². The Morgan fingerprint density at radius 3 is 2.31 bits per heavy atom. The fraction of sp³-hybridized carbons (Fsp3) is 0.619. The summed E-state index contributed by atoms with van der Waals surface area (Å²) in [7, 11) is -1.23. The number of nitrogens with zero attached hydrogens (tertiary/aromatic N) is 1. The fourth-order valence-electron chi connectivity index (χ4n) is 4.41. The molecule has 2 N–H and O–H groups in total. The number of sulfone groups is 1. The lowest BCUT2D eigenvalue weighted by atomic mass is 10.1. The first-order chi connectivity index (χ1) is 13.7. The molecule has 0 bridgehead atoms. The first-order valence-corrected chi connectivity index (χ1v) is 12.2. The van der Waals surface area contributed by atoms with Gasteiger partial charge in [-0.25, -0.2) is 8.42 Å².